The van der Waals surface area contributed by atoms with E-state index < -0.39 is 0 Å². The molecular formula is C14H29NO2. The van der Waals surface area contributed by atoms with Crippen molar-refractivity contribution in [2.75, 3.05) is 6.61 Å². The molecule has 0 aromatic carbocycles. The van der Waals surface area contributed by atoms with Gasteiger partial charge in [0.05, 0.1) is 6.61 Å². The molecule has 0 fully saturated rings. The predicted molar refractivity (Wildman–Crippen MR) is 72.2 cm³/mol. The molecule has 1 atom stereocenters. The lowest BCUT2D eigenvalue weighted by molar-refractivity contribution is 0.140. The number of carbonyl (C=O) groups excluding carboxylic acids is 1. The van der Waals surface area contributed by atoms with Gasteiger partial charge in [0.1, 0.15) is 0 Å². The summed E-state index contributed by atoms with van der Waals surface area (Å²) in [6, 6.07) is 0.205. The molecule has 102 valence electrons. The van der Waals surface area contributed by atoms with Gasteiger partial charge in [0.2, 0.25) is 0 Å². The first-order valence-electron chi connectivity index (χ1n) is 7.14. The lowest BCUT2D eigenvalue weighted by atomic mass is 10.1. The van der Waals surface area contributed by atoms with Crippen molar-refractivity contribution >= 4 is 6.09 Å². The van der Waals surface area contributed by atoms with Crippen LogP contribution in [0.25, 0.3) is 0 Å². The zero-order chi connectivity index (χ0) is 12.9. The number of hydrogen-bond acceptors (Lipinski definition) is 2. The van der Waals surface area contributed by atoms with Crippen molar-refractivity contribution in [2.45, 2.75) is 78.2 Å². The topological polar surface area (TPSA) is 38.3 Å². The van der Waals surface area contributed by atoms with Gasteiger partial charge in [0.25, 0.3) is 0 Å². The van der Waals surface area contributed by atoms with Crippen LogP contribution in [0.15, 0.2) is 0 Å². The molecule has 1 amide bonds. The molecule has 3 nitrogen and oxygen atoms in total. The van der Waals surface area contributed by atoms with Crippen LogP contribution in [0.1, 0.15) is 72.1 Å². The van der Waals surface area contributed by atoms with Crippen LogP contribution in [-0.4, -0.2) is 18.7 Å². The maximum atomic E-state index is 11.3. The summed E-state index contributed by atoms with van der Waals surface area (Å²) in [5.74, 6) is 0. The van der Waals surface area contributed by atoms with Gasteiger partial charge in [-0.2, -0.15) is 0 Å². The van der Waals surface area contributed by atoms with Crippen LogP contribution in [0.3, 0.4) is 0 Å². The Hall–Kier alpha value is -0.730. The summed E-state index contributed by atoms with van der Waals surface area (Å²) < 4.78 is 5.09. The largest absolute Gasteiger partial charge is 0.450 e. The fraction of sp³-hybridized carbons (Fsp3) is 0.929. The summed E-state index contributed by atoms with van der Waals surface area (Å²) in [6.07, 6.45) is 9.36. The van der Waals surface area contributed by atoms with E-state index in [-0.39, 0.29) is 12.1 Å². The zero-order valence-corrected chi connectivity index (χ0v) is 11.8. The minimum atomic E-state index is -0.273. The van der Waals surface area contributed by atoms with Gasteiger partial charge in [-0.3, -0.25) is 0 Å². The molecule has 0 aromatic rings. The number of amides is 1. The molecule has 0 spiro atoms. The van der Waals surface area contributed by atoms with Gasteiger partial charge >= 0.3 is 6.09 Å². The third kappa shape index (κ3) is 11.5. The molecule has 0 saturated heterocycles. The molecule has 0 unspecified atom stereocenters. The highest BCUT2D eigenvalue weighted by Gasteiger charge is 2.05. The summed E-state index contributed by atoms with van der Waals surface area (Å²) in [5, 5.41) is 2.79. The van der Waals surface area contributed by atoms with Gasteiger partial charge in [-0.05, 0) is 19.8 Å². The first-order chi connectivity index (χ1) is 8.20. The minimum Gasteiger partial charge on any atom is -0.450 e. The molecule has 17 heavy (non-hydrogen) atoms. The van der Waals surface area contributed by atoms with Crippen LogP contribution >= 0.6 is 0 Å². The van der Waals surface area contributed by atoms with E-state index in [1.165, 1.54) is 38.5 Å². The molecule has 0 rings (SSSR count). The number of ether oxygens (including phenoxy) is 1. The number of alkyl carbamates (subject to hydrolysis) is 1. The summed E-state index contributed by atoms with van der Waals surface area (Å²) >= 11 is 0. The summed E-state index contributed by atoms with van der Waals surface area (Å²) in [5.41, 5.74) is 0. The SMILES string of the molecule is CCCCCCCCCOC(=O)N[C@H](C)CC. The smallest absolute Gasteiger partial charge is 0.407 e. The van der Waals surface area contributed by atoms with E-state index in [1.807, 2.05) is 13.8 Å². The van der Waals surface area contributed by atoms with Crippen LogP contribution in [0.5, 0.6) is 0 Å². The molecular weight excluding hydrogens is 214 g/mol. The maximum Gasteiger partial charge on any atom is 0.407 e. The molecule has 0 heterocycles. The van der Waals surface area contributed by atoms with Crippen LogP contribution in [-0.2, 0) is 4.74 Å². The van der Waals surface area contributed by atoms with Crippen LogP contribution < -0.4 is 5.32 Å². The van der Waals surface area contributed by atoms with Crippen molar-refractivity contribution < 1.29 is 9.53 Å². The second-order valence-electron chi connectivity index (χ2n) is 4.71. The van der Waals surface area contributed by atoms with E-state index in [0.717, 1.165) is 12.8 Å². The zero-order valence-electron chi connectivity index (χ0n) is 11.8. The highest BCUT2D eigenvalue weighted by atomic mass is 16.5. The van der Waals surface area contributed by atoms with Gasteiger partial charge in [-0.1, -0.05) is 52.4 Å². The van der Waals surface area contributed by atoms with Crippen molar-refractivity contribution in [1.29, 1.82) is 0 Å². The van der Waals surface area contributed by atoms with E-state index in [0.29, 0.717) is 6.61 Å². The van der Waals surface area contributed by atoms with E-state index >= 15 is 0 Å². The van der Waals surface area contributed by atoms with Gasteiger partial charge in [0, 0.05) is 6.04 Å². The van der Waals surface area contributed by atoms with Crippen molar-refractivity contribution in [1.82, 2.24) is 5.32 Å². The highest BCUT2D eigenvalue weighted by molar-refractivity contribution is 5.67. The summed E-state index contributed by atoms with van der Waals surface area (Å²) in [7, 11) is 0. The fourth-order valence-corrected chi connectivity index (χ4v) is 1.57. The number of rotatable bonds is 10. The predicted octanol–water partition coefficient (Wildman–Crippen LogP) is 4.26. The lowest BCUT2D eigenvalue weighted by Crippen LogP contribution is -2.32. The number of hydrogen-bond donors (Lipinski definition) is 1. The Labute approximate surface area is 106 Å². The fourth-order valence-electron chi connectivity index (χ4n) is 1.57. The number of unbranched alkanes of at least 4 members (excludes halogenated alkanes) is 6. The first kappa shape index (κ1) is 16.3. The quantitative estimate of drug-likeness (QED) is 0.582. The van der Waals surface area contributed by atoms with Crippen LogP contribution in [0.2, 0.25) is 0 Å². The summed E-state index contributed by atoms with van der Waals surface area (Å²) in [6.45, 7) is 6.80. The third-order valence-electron chi connectivity index (χ3n) is 2.96. The van der Waals surface area contributed by atoms with E-state index in [4.69, 9.17) is 4.74 Å². The molecule has 0 aliphatic carbocycles. The second-order valence-corrected chi connectivity index (χ2v) is 4.71. The molecule has 3 heteroatoms. The molecule has 0 bridgehead atoms. The maximum absolute atomic E-state index is 11.3. The molecule has 0 saturated carbocycles. The Morgan fingerprint density at radius 2 is 1.65 bits per heavy atom. The molecule has 0 aromatic heterocycles. The highest BCUT2D eigenvalue weighted by Crippen LogP contribution is 2.06. The first-order valence-corrected chi connectivity index (χ1v) is 7.14. The monoisotopic (exact) mass is 243 g/mol. The standard InChI is InChI=1S/C14H29NO2/c1-4-6-7-8-9-10-11-12-17-14(16)15-13(3)5-2/h13H,4-12H2,1-3H3,(H,15,16)/t13-/m1/s1. The molecule has 0 aliphatic rings. The van der Waals surface area contributed by atoms with Crippen molar-refractivity contribution in [3.63, 3.8) is 0 Å². The normalized spacial score (nSPS) is 12.2. The number of nitrogens with one attached hydrogen (secondary N) is 1. The Bertz CT molecular complexity index is 183. The Kier molecular flexibility index (Phi) is 11.2. The van der Waals surface area contributed by atoms with Crippen molar-refractivity contribution in [3.8, 4) is 0 Å². The number of carbonyl (C=O) groups is 1. The Morgan fingerprint density at radius 1 is 1.06 bits per heavy atom. The average molecular weight is 243 g/mol. The second kappa shape index (κ2) is 11.7. The van der Waals surface area contributed by atoms with Crippen LogP contribution in [0.4, 0.5) is 4.79 Å². The van der Waals surface area contributed by atoms with Gasteiger partial charge in [-0.25, -0.2) is 4.79 Å². The van der Waals surface area contributed by atoms with Gasteiger partial charge in [-0.15, -0.1) is 0 Å². The summed E-state index contributed by atoms with van der Waals surface area (Å²) in [4.78, 5) is 11.3. The Balaban J connectivity index is 3.19. The molecule has 0 aliphatic heterocycles. The molecule has 1 N–H and O–H groups in total. The van der Waals surface area contributed by atoms with Crippen molar-refractivity contribution in [2.24, 2.45) is 0 Å². The lowest BCUT2D eigenvalue weighted by Gasteiger charge is -2.11. The van der Waals surface area contributed by atoms with Crippen molar-refractivity contribution in [3.05, 3.63) is 0 Å². The van der Waals surface area contributed by atoms with E-state index in [2.05, 4.69) is 12.2 Å². The van der Waals surface area contributed by atoms with E-state index in [1.54, 1.807) is 0 Å². The van der Waals surface area contributed by atoms with E-state index in [9.17, 15) is 4.79 Å². The average Bonchev–Trinajstić information content (AvgIpc) is 2.32. The molecule has 0 radical (unpaired) electrons. The van der Waals surface area contributed by atoms with Crippen LogP contribution in [0, 0.1) is 0 Å². The van der Waals surface area contributed by atoms with Gasteiger partial charge in [0.15, 0.2) is 0 Å². The minimum absolute atomic E-state index is 0.205. The Morgan fingerprint density at radius 3 is 2.24 bits per heavy atom. The van der Waals surface area contributed by atoms with Gasteiger partial charge < -0.3 is 10.1 Å². The third-order valence-corrected chi connectivity index (χ3v) is 2.96.